The SMILES string of the molecule is COc1cc(CN2CCCC(COc3ccccc3F)(OC)CC2)ccc1OCCn1cnnc1. The first-order valence-electron chi connectivity index (χ1n) is 11.9. The molecule has 0 spiro atoms. The molecule has 0 bridgehead atoms. The lowest BCUT2D eigenvalue weighted by atomic mass is 9.95. The number of para-hydroxylation sites is 1. The summed E-state index contributed by atoms with van der Waals surface area (Å²) in [5.41, 5.74) is 0.720. The number of ether oxygens (including phenoxy) is 4. The number of hydrogen-bond acceptors (Lipinski definition) is 7. The van der Waals surface area contributed by atoms with Crippen molar-refractivity contribution in [1.29, 1.82) is 0 Å². The number of aromatic nitrogens is 3. The van der Waals surface area contributed by atoms with Gasteiger partial charge in [-0.25, -0.2) is 4.39 Å². The molecular weight excluding hydrogens is 451 g/mol. The third-order valence-corrected chi connectivity index (χ3v) is 6.46. The second-order valence-electron chi connectivity index (χ2n) is 8.77. The summed E-state index contributed by atoms with van der Waals surface area (Å²) in [5, 5.41) is 7.59. The predicted molar refractivity (Wildman–Crippen MR) is 129 cm³/mol. The van der Waals surface area contributed by atoms with Gasteiger partial charge in [0, 0.05) is 20.2 Å². The van der Waals surface area contributed by atoms with E-state index in [2.05, 4.69) is 21.2 Å². The molecular formula is C26H33FN4O4. The average Bonchev–Trinajstić information content (AvgIpc) is 3.32. The van der Waals surface area contributed by atoms with E-state index in [1.807, 2.05) is 16.7 Å². The van der Waals surface area contributed by atoms with Gasteiger partial charge in [0.1, 0.15) is 31.5 Å². The molecule has 2 aromatic carbocycles. The molecule has 1 unspecified atom stereocenters. The van der Waals surface area contributed by atoms with Crippen molar-refractivity contribution in [2.24, 2.45) is 0 Å². The van der Waals surface area contributed by atoms with Crippen LogP contribution in [-0.4, -0.2) is 65.8 Å². The first-order valence-corrected chi connectivity index (χ1v) is 11.9. The topological polar surface area (TPSA) is 70.9 Å². The maximum Gasteiger partial charge on any atom is 0.165 e. The zero-order valence-corrected chi connectivity index (χ0v) is 20.4. The smallest absolute Gasteiger partial charge is 0.165 e. The molecule has 1 aliphatic heterocycles. The maximum absolute atomic E-state index is 14.0. The minimum atomic E-state index is -0.433. The lowest BCUT2D eigenvalue weighted by Crippen LogP contribution is -2.39. The highest BCUT2D eigenvalue weighted by Gasteiger charge is 2.34. The molecule has 0 amide bonds. The van der Waals surface area contributed by atoms with Crippen molar-refractivity contribution in [2.75, 3.05) is 40.5 Å². The Bertz CT molecular complexity index is 1070. The van der Waals surface area contributed by atoms with Crippen molar-refractivity contribution < 1.29 is 23.3 Å². The summed E-state index contributed by atoms with van der Waals surface area (Å²) in [6.07, 6.45) is 5.96. The Labute approximate surface area is 205 Å². The first-order chi connectivity index (χ1) is 17.1. The maximum atomic E-state index is 14.0. The van der Waals surface area contributed by atoms with Gasteiger partial charge in [-0.1, -0.05) is 18.2 Å². The number of methoxy groups -OCH3 is 2. The van der Waals surface area contributed by atoms with E-state index in [-0.39, 0.29) is 11.6 Å². The molecule has 0 N–H and O–H groups in total. The van der Waals surface area contributed by atoms with Crippen LogP contribution < -0.4 is 14.2 Å². The van der Waals surface area contributed by atoms with Crippen molar-refractivity contribution in [3.63, 3.8) is 0 Å². The molecule has 0 saturated carbocycles. The van der Waals surface area contributed by atoms with Gasteiger partial charge in [0.05, 0.1) is 13.7 Å². The fourth-order valence-electron chi connectivity index (χ4n) is 4.35. The summed E-state index contributed by atoms with van der Waals surface area (Å²) in [6, 6.07) is 12.6. The third kappa shape index (κ3) is 6.70. The Morgan fingerprint density at radius 3 is 2.54 bits per heavy atom. The number of halogens is 1. The molecule has 2 heterocycles. The van der Waals surface area contributed by atoms with Crippen molar-refractivity contribution in [3.8, 4) is 17.2 Å². The number of rotatable bonds is 11. The molecule has 8 nitrogen and oxygen atoms in total. The van der Waals surface area contributed by atoms with Gasteiger partial charge in [0.25, 0.3) is 0 Å². The molecule has 1 saturated heterocycles. The van der Waals surface area contributed by atoms with Crippen LogP contribution in [0.2, 0.25) is 0 Å². The summed E-state index contributed by atoms with van der Waals surface area (Å²) >= 11 is 0. The molecule has 35 heavy (non-hydrogen) atoms. The monoisotopic (exact) mass is 484 g/mol. The van der Waals surface area contributed by atoms with Gasteiger partial charge >= 0.3 is 0 Å². The summed E-state index contributed by atoms with van der Waals surface area (Å²) in [5.74, 6) is 1.34. The Morgan fingerprint density at radius 2 is 1.77 bits per heavy atom. The quantitative estimate of drug-likeness (QED) is 0.408. The van der Waals surface area contributed by atoms with Gasteiger partial charge < -0.3 is 23.5 Å². The normalized spacial score (nSPS) is 18.7. The van der Waals surface area contributed by atoms with Gasteiger partial charge in [-0.3, -0.25) is 4.90 Å². The van der Waals surface area contributed by atoms with Crippen LogP contribution in [0.3, 0.4) is 0 Å². The van der Waals surface area contributed by atoms with E-state index in [4.69, 9.17) is 18.9 Å². The van der Waals surface area contributed by atoms with Crippen LogP contribution in [0.5, 0.6) is 17.2 Å². The first kappa shape index (κ1) is 24.9. The highest BCUT2D eigenvalue weighted by atomic mass is 19.1. The molecule has 4 rings (SSSR count). The summed E-state index contributed by atoms with van der Waals surface area (Å²) in [7, 11) is 3.37. The summed E-state index contributed by atoms with van der Waals surface area (Å²) < 4.78 is 39.1. The van der Waals surface area contributed by atoms with Crippen molar-refractivity contribution in [3.05, 3.63) is 66.5 Å². The van der Waals surface area contributed by atoms with Crippen LogP contribution in [0.1, 0.15) is 24.8 Å². The van der Waals surface area contributed by atoms with E-state index >= 15 is 0 Å². The molecule has 1 aliphatic rings. The van der Waals surface area contributed by atoms with Crippen molar-refractivity contribution in [2.45, 2.75) is 38.0 Å². The minimum absolute atomic E-state index is 0.265. The Kier molecular flexibility index (Phi) is 8.54. The largest absolute Gasteiger partial charge is 0.493 e. The highest BCUT2D eigenvalue weighted by Crippen LogP contribution is 2.31. The van der Waals surface area contributed by atoms with Crippen LogP contribution in [0.4, 0.5) is 4.39 Å². The van der Waals surface area contributed by atoms with Crippen molar-refractivity contribution >= 4 is 0 Å². The van der Waals surface area contributed by atoms with Crippen LogP contribution >= 0.6 is 0 Å². The zero-order chi connectivity index (χ0) is 24.5. The van der Waals surface area contributed by atoms with Gasteiger partial charge in [-0.05, 0) is 55.6 Å². The molecule has 9 heteroatoms. The molecule has 1 fully saturated rings. The second kappa shape index (κ2) is 12.0. The van der Waals surface area contributed by atoms with Crippen molar-refractivity contribution in [1.82, 2.24) is 19.7 Å². The zero-order valence-electron chi connectivity index (χ0n) is 20.4. The summed E-state index contributed by atoms with van der Waals surface area (Å²) in [6.45, 7) is 4.08. The van der Waals surface area contributed by atoms with Gasteiger partial charge in [0.15, 0.2) is 23.1 Å². The van der Waals surface area contributed by atoms with Gasteiger partial charge in [-0.15, -0.1) is 10.2 Å². The molecule has 0 radical (unpaired) electrons. The van der Waals surface area contributed by atoms with Gasteiger partial charge in [0.2, 0.25) is 0 Å². The van der Waals surface area contributed by atoms with E-state index in [1.165, 1.54) is 6.07 Å². The molecule has 1 atom stereocenters. The van der Waals surface area contributed by atoms with Crippen LogP contribution in [0.25, 0.3) is 0 Å². The molecule has 188 valence electrons. The number of hydrogen-bond donors (Lipinski definition) is 0. The van der Waals surface area contributed by atoms with Crippen LogP contribution in [0, 0.1) is 5.82 Å². The predicted octanol–water partition coefficient (Wildman–Crippen LogP) is 3.95. The van der Waals surface area contributed by atoms with E-state index in [9.17, 15) is 4.39 Å². The Morgan fingerprint density at radius 1 is 0.943 bits per heavy atom. The van der Waals surface area contributed by atoms with Crippen LogP contribution in [-0.2, 0) is 17.8 Å². The van der Waals surface area contributed by atoms with E-state index in [1.54, 1.807) is 45.1 Å². The average molecular weight is 485 g/mol. The standard InChI is InChI=1S/C26H33FN4O4/c1-32-25-16-21(8-9-24(25)34-15-14-31-19-28-29-20-31)17-30-12-5-10-26(33-2,11-13-30)18-35-23-7-4-3-6-22(23)27/h3-4,6-9,16,19-20H,5,10-15,17-18H2,1-2H3. The molecule has 1 aromatic heterocycles. The fourth-order valence-corrected chi connectivity index (χ4v) is 4.35. The number of nitrogens with zero attached hydrogens (tertiary/aromatic N) is 4. The Hall–Kier alpha value is -3.17. The summed E-state index contributed by atoms with van der Waals surface area (Å²) in [4.78, 5) is 2.41. The minimum Gasteiger partial charge on any atom is -0.493 e. The molecule has 0 aliphatic carbocycles. The third-order valence-electron chi connectivity index (χ3n) is 6.46. The number of benzene rings is 2. The fraction of sp³-hybridized carbons (Fsp3) is 0.462. The van der Waals surface area contributed by atoms with E-state index in [0.717, 1.165) is 44.5 Å². The van der Waals surface area contributed by atoms with Crippen LogP contribution in [0.15, 0.2) is 55.1 Å². The number of likely N-dealkylation sites (tertiary alicyclic amines) is 1. The Balaban J connectivity index is 1.32. The lowest BCUT2D eigenvalue weighted by molar-refractivity contribution is -0.0548. The van der Waals surface area contributed by atoms with E-state index < -0.39 is 5.60 Å². The lowest BCUT2D eigenvalue weighted by Gasteiger charge is -2.31. The van der Waals surface area contributed by atoms with E-state index in [0.29, 0.717) is 31.3 Å². The van der Waals surface area contributed by atoms with Gasteiger partial charge in [-0.2, -0.15) is 0 Å². The molecule has 3 aromatic rings. The highest BCUT2D eigenvalue weighted by molar-refractivity contribution is 5.43. The second-order valence-corrected chi connectivity index (χ2v) is 8.77.